The zero-order valence-electron chi connectivity index (χ0n) is 16.3. The average Bonchev–Trinajstić information content (AvgIpc) is 3.15. The molecule has 1 saturated heterocycles. The summed E-state index contributed by atoms with van der Waals surface area (Å²) in [5, 5.41) is 14.1. The van der Waals surface area contributed by atoms with Gasteiger partial charge in [0.1, 0.15) is 18.0 Å². The molecule has 0 amide bonds. The first-order valence-electron chi connectivity index (χ1n) is 9.42. The lowest BCUT2D eigenvalue weighted by molar-refractivity contribution is 0.0232. The van der Waals surface area contributed by atoms with Crippen molar-refractivity contribution in [2.45, 2.75) is 25.4 Å². The molecule has 1 aliphatic rings. The molecule has 28 heavy (non-hydrogen) atoms. The van der Waals surface area contributed by atoms with Crippen LogP contribution in [0.25, 0.3) is 0 Å². The SMILES string of the molecule is CNCCOc1c(C=O)cc(Cc2ccc(C3(O)CCOC3)cc2)c(C)c1Cl. The van der Waals surface area contributed by atoms with E-state index in [1.807, 2.05) is 44.3 Å². The Kier molecular flexibility index (Phi) is 6.73. The van der Waals surface area contributed by atoms with Crippen LogP contribution in [0.15, 0.2) is 30.3 Å². The van der Waals surface area contributed by atoms with Crippen molar-refractivity contribution in [3.8, 4) is 5.75 Å². The van der Waals surface area contributed by atoms with E-state index in [0.29, 0.717) is 55.5 Å². The summed E-state index contributed by atoms with van der Waals surface area (Å²) in [5.41, 5.74) is 3.38. The van der Waals surface area contributed by atoms with E-state index >= 15 is 0 Å². The summed E-state index contributed by atoms with van der Waals surface area (Å²) in [6.07, 6.45) is 2.03. The number of hydrogen-bond acceptors (Lipinski definition) is 5. The van der Waals surface area contributed by atoms with E-state index in [0.717, 1.165) is 28.5 Å². The molecule has 0 saturated carbocycles. The van der Waals surface area contributed by atoms with E-state index in [9.17, 15) is 9.90 Å². The van der Waals surface area contributed by atoms with Gasteiger partial charge in [-0.25, -0.2) is 0 Å². The van der Waals surface area contributed by atoms with Gasteiger partial charge in [0.25, 0.3) is 0 Å². The maximum absolute atomic E-state index is 11.6. The van der Waals surface area contributed by atoms with Crippen LogP contribution in [-0.2, 0) is 16.8 Å². The normalized spacial score (nSPS) is 19.0. The molecule has 0 aliphatic carbocycles. The van der Waals surface area contributed by atoms with Crippen molar-refractivity contribution in [3.05, 3.63) is 63.2 Å². The zero-order chi connectivity index (χ0) is 20.1. The fourth-order valence-corrected chi connectivity index (χ4v) is 3.69. The number of aldehydes is 1. The summed E-state index contributed by atoms with van der Waals surface area (Å²) >= 11 is 6.51. The predicted molar refractivity (Wildman–Crippen MR) is 110 cm³/mol. The molecule has 0 aromatic heterocycles. The molecular formula is C22H26ClNO4. The first-order valence-corrected chi connectivity index (χ1v) is 9.80. The highest BCUT2D eigenvalue weighted by atomic mass is 35.5. The maximum atomic E-state index is 11.6. The third-order valence-electron chi connectivity index (χ3n) is 5.21. The van der Waals surface area contributed by atoms with Crippen LogP contribution in [-0.4, -0.2) is 44.8 Å². The smallest absolute Gasteiger partial charge is 0.153 e. The number of carbonyl (C=O) groups excluding carboxylic acids is 1. The van der Waals surface area contributed by atoms with Crippen LogP contribution < -0.4 is 10.1 Å². The zero-order valence-corrected chi connectivity index (χ0v) is 17.0. The summed E-state index contributed by atoms with van der Waals surface area (Å²) < 4.78 is 11.0. The van der Waals surface area contributed by atoms with Crippen LogP contribution in [0.2, 0.25) is 5.02 Å². The van der Waals surface area contributed by atoms with Crippen molar-refractivity contribution in [2.24, 2.45) is 0 Å². The van der Waals surface area contributed by atoms with Gasteiger partial charge in [0.05, 0.1) is 17.2 Å². The van der Waals surface area contributed by atoms with Crippen molar-refractivity contribution in [2.75, 3.05) is 33.4 Å². The molecule has 0 spiro atoms. The predicted octanol–water partition coefficient (Wildman–Crippen LogP) is 3.26. The third kappa shape index (κ3) is 4.39. The number of ether oxygens (including phenoxy) is 2. The molecule has 0 bridgehead atoms. The summed E-state index contributed by atoms with van der Waals surface area (Å²) in [6.45, 7) is 3.94. The Morgan fingerprint density at radius 3 is 2.71 bits per heavy atom. The van der Waals surface area contributed by atoms with Gasteiger partial charge in [0.15, 0.2) is 6.29 Å². The van der Waals surface area contributed by atoms with Gasteiger partial charge in [-0.1, -0.05) is 35.9 Å². The van der Waals surface area contributed by atoms with Crippen LogP contribution >= 0.6 is 11.6 Å². The molecule has 1 fully saturated rings. The van der Waals surface area contributed by atoms with Gasteiger partial charge in [-0.05, 0) is 48.7 Å². The van der Waals surface area contributed by atoms with Gasteiger partial charge >= 0.3 is 0 Å². The number of rotatable bonds is 8. The first kappa shape index (κ1) is 20.8. The molecule has 6 heteroatoms. The minimum absolute atomic E-state index is 0.332. The number of likely N-dealkylation sites (N-methyl/N-ethyl adjacent to an activating group) is 1. The summed E-state index contributed by atoms with van der Waals surface area (Å²) in [5.74, 6) is 0.437. The van der Waals surface area contributed by atoms with E-state index in [2.05, 4.69) is 5.32 Å². The van der Waals surface area contributed by atoms with Gasteiger partial charge in [-0.2, -0.15) is 0 Å². The second-order valence-electron chi connectivity index (χ2n) is 7.17. The second kappa shape index (κ2) is 9.05. The van der Waals surface area contributed by atoms with Crippen LogP contribution in [0.1, 0.15) is 39.0 Å². The summed E-state index contributed by atoms with van der Waals surface area (Å²) in [4.78, 5) is 11.6. The highest BCUT2D eigenvalue weighted by Crippen LogP contribution is 2.35. The van der Waals surface area contributed by atoms with Crippen molar-refractivity contribution in [1.29, 1.82) is 0 Å². The van der Waals surface area contributed by atoms with Gasteiger partial charge in [-0.15, -0.1) is 0 Å². The molecule has 150 valence electrons. The van der Waals surface area contributed by atoms with Crippen LogP contribution in [0.4, 0.5) is 0 Å². The van der Waals surface area contributed by atoms with Crippen molar-refractivity contribution < 1.29 is 19.4 Å². The van der Waals surface area contributed by atoms with Gasteiger partial charge in [0.2, 0.25) is 0 Å². The second-order valence-corrected chi connectivity index (χ2v) is 7.55. The molecule has 1 atom stereocenters. The number of benzene rings is 2. The Labute approximate surface area is 170 Å². The van der Waals surface area contributed by atoms with Gasteiger partial charge in [0, 0.05) is 19.6 Å². The molecule has 1 aliphatic heterocycles. The molecule has 3 rings (SSSR count). The Balaban J connectivity index is 1.82. The highest BCUT2D eigenvalue weighted by Gasteiger charge is 2.33. The molecule has 0 radical (unpaired) electrons. The Morgan fingerprint density at radius 1 is 1.36 bits per heavy atom. The number of carbonyl (C=O) groups is 1. The fourth-order valence-electron chi connectivity index (χ4n) is 3.41. The van der Waals surface area contributed by atoms with E-state index < -0.39 is 5.60 Å². The minimum atomic E-state index is -0.894. The summed E-state index contributed by atoms with van der Waals surface area (Å²) in [7, 11) is 1.84. The first-order chi connectivity index (χ1) is 13.5. The van der Waals surface area contributed by atoms with Crippen molar-refractivity contribution in [3.63, 3.8) is 0 Å². The molecule has 2 N–H and O–H groups in total. The van der Waals surface area contributed by atoms with E-state index in [-0.39, 0.29) is 0 Å². The van der Waals surface area contributed by atoms with Crippen LogP contribution in [0.3, 0.4) is 0 Å². The number of halogens is 1. The highest BCUT2D eigenvalue weighted by molar-refractivity contribution is 6.33. The minimum Gasteiger partial charge on any atom is -0.490 e. The van der Waals surface area contributed by atoms with E-state index in [1.54, 1.807) is 0 Å². The van der Waals surface area contributed by atoms with Crippen LogP contribution in [0, 0.1) is 6.92 Å². The number of aliphatic hydroxyl groups is 1. The summed E-state index contributed by atoms with van der Waals surface area (Å²) in [6, 6.07) is 9.72. The van der Waals surface area contributed by atoms with Gasteiger partial charge in [-0.3, -0.25) is 4.79 Å². The van der Waals surface area contributed by atoms with E-state index in [4.69, 9.17) is 21.1 Å². The third-order valence-corrected chi connectivity index (χ3v) is 5.67. The lowest BCUT2D eigenvalue weighted by Crippen LogP contribution is -2.25. The maximum Gasteiger partial charge on any atom is 0.153 e. The standard InChI is InChI=1S/C22H26ClNO4/c1-15-17(12-18(13-25)21(20(15)23)28-10-8-24-2)11-16-3-5-19(6-4-16)22(26)7-9-27-14-22/h3-6,12-13,24,26H,7-11,14H2,1-2H3. The number of hydrogen-bond donors (Lipinski definition) is 2. The average molecular weight is 404 g/mol. The van der Waals surface area contributed by atoms with Crippen molar-refractivity contribution >= 4 is 17.9 Å². The quantitative estimate of drug-likeness (QED) is 0.523. The van der Waals surface area contributed by atoms with Crippen molar-refractivity contribution in [1.82, 2.24) is 5.32 Å². The lowest BCUT2D eigenvalue weighted by atomic mass is 9.91. The Morgan fingerprint density at radius 2 is 2.11 bits per heavy atom. The van der Waals surface area contributed by atoms with Crippen LogP contribution in [0.5, 0.6) is 5.75 Å². The monoisotopic (exact) mass is 403 g/mol. The topological polar surface area (TPSA) is 67.8 Å². The molecule has 5 nitrogen and oxygen atoms in total. The molecule has 1 heterocycles. The Bertz CT molecular complexity index is 829. The Hall–Kier alpha value is -1.92. The molecule has 2 aromatic rings. The number of nitrogens with one attached hydrogen (secondary N) is 1. The lowest BCUT2D eigenvalue weighted by Gasteiger charge is -2.21. The molecule has 1 unspecified atom stereocenters. The molecular weight excluding hydrogens is 378 g/mol. The van der Waals surface area contributed by atoms with E-state index in [1.165, 1.54) is 0 Å². The van der Waals surface area contributed by atoms with Gasteiger partial charge < -0.3 is 19.9 Å². The fraction of sp³-hybridized carbons (Fsp3) is 0.409. The molecule has 2 aromatic carbocycles. The largest absolute Gasteiger partial charge is 0.490 e.